The molecule has 3 rings (SSSR count). The molecule has 3 aromatic rings. The monoisotopic (exact) mass is 625 g/mol. The summed E-state index contributed by atoms with van der Waals surface area (Å²) in [5.74, 6) is -0.912. The van der Waals surface area contributed by atoms with E-state index in [1.165, 1.54) is 36.3 Å². The quantitative estimate of drug-likeness (QED) is 0.294. The van der Waals surface area contributed by atoms with E-state index in [1.807, 2.05) is 6.92 Å². The molecule has 214 valence electrons. The average molecular weight is 627 g/mol. The Balaban J connectivity index is 2.14. The Morgan fingerprint density at radius 3 is 2.20 bits per heavy atom. The lowest BCUT2D eigenvalue weighted by Crippen LogP contribution is -2.51. The summed E-state index contributed by atoms with van der Waals surface area (Å²) >= 11 is 19.0. The van der Waals surface area contributed by atoms with Gasteiger partial charge in [0.2, 0.25) is 11.8 Å². The van der Waals surface area contributed by atoms with E-state index in [1.54, 1.807) is 50.2 Å². The van der Waals surface area contributed by atoms with Gasteiger partial charge in [0.15, 0.2) is 0 Å². The first-order valence-corrected chi connectivity index (χ1v) is 14.9. The van der Waals surface area contributed by atoms with Gasteiger partial charge in [-0.3, -0.25) is 13.9 Å². The summed E-state index contributed by atoms with van der Waals surface area (Å²) in [7, 11) is -2.92. The van der Waals surface area contributed by atoms with E-state index in [9.17, 15) is 18.0 Å². The molecule has 0 unspecified atom stereocenters. The number of benzene rings is 3. The number of methoxy groups -OCH3 is 1. The number of ether oxygens (including phenoxy) is 1. The number of hydrogen-bond donors (Lipinski definition) is 1. The first-order valence-electron chi connectivity index (χ1n) is 12.3. The number of nitrogens with one attached hydrogen (secondary N) is 1. The Morgan fingerprint density at radius 2 is 1.62 bits per heavy atom. The second-order valence-electron chi connectivity index (χ2n) is 8.93. The predicted molar refractivity (Wildman–Crippen MR) is 159 cm³/mol. The highest BCUT2D eigenvalue weighted by atomic mass is 35.5. The van der Waals surface area contributed by atoms with Crippen molar-refractivity contribution < 1.29 is 22.7 Å². The van der Waals surface area contributed by atoms with Gasteiger partial charge in [0.25, 0.3) is 10.0 Å². The van der Waals surface area contributed by atoms with Gasteiger partial charge in [-0.15, -0.1) is 0 Å². The van der Waals surface area contributed by atoms with Gasteiger partial charge >= 0.3 is 0 Å². The minimum absolute atomic E-state index is 0.0367. The average Bonchev–Trinajstić information content (AvgIpc) is 2.91. The first-order chi connectivity index (χ1) is 18.9. The number of nitrogens with zero attached hydrogens (tertiary/aromatic N) is 2. The third-order valence-electron chi connectivity index (χ3n) is 6.21. The smallest absolute Gasteiger partial charge is 0.264 e. The molecule has 0 bridgehead atoms. The molecule has 0 heterocycles. The van der Waals surface area contributed by atoms with Crippen LogP contribution in [0.4, 0.5) is 5.69 Å². The van der Waals surface area contributed by atoms with Crippen LogP contribution >= 0.6 is 34.8 Å². The molecule has 0 aliphatic rings. The van der Waals surface area contributed by atoms with E-state index in [2.05, 4.69) is 5.32 Å². The molecule has 8 nitrogen and oxygen atoms in total. The molecule has 3 aromatic carbocycles. The van der Waals surface area contributed by atoms with E-state index < -0.39 is 34.4 Å². The number of rotatable bonds is 11. The second-order valence-corrected chi connectivity index (χ2v) is 12.0. The summed E-state index contributed by atoms with van der Waals surface area (Å²) in [6.45, 7) is 4.67. The van der Waals surface area contributed by atoms with Crippen LogP contribution in [0.5, 0.6) is 5.75 Å². The van der Waals surface area contributed by atoms with Crippen LogP contribution in [0.1, 0.15) is 25.0 Å². The van der Waals surface area contributed by atoms with Crippen molar-refractivity contribution >= 4 is 62.3 Å². The molecule has 1 N–H and O–H groups in total. The van der Waals surface area contributed by atoms with Gasteiger partial charge in [0, 0.05) is 33.7 Å². The van der Waals surface area contributed by atoms with Gasteiger partial charge in [-0.2, -0.15) is 0 Å². The van der Waals surface area contributed by atoms with Crippen LogP contribution in [-0.2, 0) is 26.2 Å². The maximum absolute atomic E-state index is 14.0. The summed E-state index contributed by atoms with van der Waals surface area (Å²) in [5, 5.41) is 3.54. The van der Waals surface area contributed by atoms with Crippen LogP contribution in [0.2, 0.25) is 15.1 Å². The van der Waals surface area contributed by atoms with E-state index in [-0.39, 0.29) is 27.9 Å². The van der Waals surface area contributed by atoms with Crippen LogP contribution in [0.15, 0.2) is 65.6 Å². The molecule has 0 fully saturated rings. The number of carbonyl (C=O) groups excluding carboxylic acids is 2. The molecule has 0 saturated carbocycles. The summed E-state index contributed by atoms with van der Waals surface area (Å²) < 4.78 is 34.3. The molecule has 40 heavy (non-hydrogen) atoms. The zero-order valence-electron chi connectivity index (χ0n) is 22.4. The van der Waals surface area contributed by atoms with Crippen LogP contribution in [0.25, 0.3) is 0 Å². The van der Waals surface area contributed by atoms with Crippen molar-refractivity contribution in [1.29, 1.82) is 0 Å². The number of amides is 2. The van der Waals surface area contributed by atoms with Crippen LogP contribution in [-0.4, -0.2) is 51.4 Å². The number of carbonyl (C=O) groups is 2. The summed E-state index contributed by atoms with van der Waals surface area (Å²) in [5.41, 5.74) is 1.34. The van der Waals surface area contributed by atoms with Crippen molar-refractivity contribution in [3.05, 3.63) is 86.9 Å². The largest absolute Gasteiger partial charge is 0.495 e. The third-order valence-corrected chi connectivity index (χ3v) is 8.92. The number of hydrogen-bond acceptors (Lipinski definition) is 5. The Bertz CT molecular complexity index is 1460. The van der Waals surface area contributed by atoms with Gasteiger partial charge in [-0.1, -0.05) is 58.6 Å². The second kappa shape index (κ2) is 13.6. The fraction of sp³-hybridized carbons (Fsp3) is 0.286. The fourth-order valence-corrected chi connectivity index (χ4v) is 6.07. The SMILES string of the molecule is CCNC(=O)[C@@H](C)N(Cc1c(Cl)cccc1Cl)C(=O)CN(c1cc(Cl)ccc1OC)S(=O)(=O)c1ccc(C)cc1. The summed E-state index contributed by atoms with van der Waals surface area (Å²) in [6, 6.07) is 14.6. The van der Waals surface area contributed by atoms with Crippen molar-refractivity contribution in [1.82, 2.24) is 10.2 Å². The molecule has 0 aromatic heterocycles. The standard InChI is InChI=1S/C28H30Cl3N3O5S/c1-5-32-28(36)19(3)33(16-22-23(30)7-6-8-24(22)31)27(35)17-34(25-15-20(29)11-14-26(25)39-4)40(37,38)21-12-9-18(2)10-13-21/h6-15,19H,5,16-17H2,1-4H3,(H,32,36)/t19-/m1/s1. The van der Waals surface area contributed by atoms with Crippen molar-refractivity contribution in [2.24, 2.45) is 0 Å². The fourth-order valence-electron chi connectivity index (χ4n) is 3.97. The van der Waals surface area contributed by atoms with Gasteiger partial charge in [0.1, 0.15) is 18.3 Å². The highest BCUT2D eigenvalue weighted by molar-refractivity contribution is 7.92. The van der Waals surface area contributed by atoms with Crippen molar-refractivity contribution in [2.45, 2.75) is 38.3 Å². The third kappa shape index (κ3) is 7.20. The lowest BCUT2D eigenvalue weighted by atomic mass is 10.1. The lowest BCUT2D eigenvalue weighted by Gasteiger charge is -2.32. The molecular formula is C28H30Cl3N3O5S. The van der Waals surface area contributed by atoms with E-state index in [0.717, 1.165) is 9.87 Å². The first kappa shape index (κ1) is 31.5. The van der Waals surface area contributed by atoms with Gasteiger partial charge in [-0.25, -0.2) is 8.42 Å². The van der Waals surface area contributed by atoms with Gasteiger partial charge in [0.05, 0.1) is 17.7 Å². The van der Waals surface area contributed by atoms with Crippen LogP contribution < -0.4 is 14.4 Å². The lowest BCUT2D eigenvalue weighted by molar-refractivity contribution is -0.139. The summed E-state index contributed by atoms with van der Waals surface area (Å²) in [6.07, 6.45) is 0. The molecule has 12 heteroatoms. The molecule has 1 atom stereocenters. The molecule has 0 spiro atoms. The van der Waals surface area contributed by atoms with Crippen molar-refractivity contribution in [2.75, 3.05) is 24.5 Å². The Morgan fingerprint density at radius 1 is 1.00 bits per heavy atom. The van der Waals surface area contributed by atoms with E-state index in [4.69, 9.17) is 39.5 Å². The molecule has 2 amide bonds. The zero-order chi connectivity index (χ0) is 29.6. The Hall–Kier alpha value is -2.98. The van der Waals surface area contributed by atoms with Crippen molar-refractivity contribution in [3.8, 4) is 5.75 Å². The molecule has 0 aliphatic carbocycles. The van der Waals surface area contributed by atoms with Crippen LogP contribution in [0, 0.1) is 6.92 Å². The molecule has 0 aliphatic heterocycles. The minimum Gasteiger partial charge on any atom is -0.495 e. The molecule has 0 saturated heterocycles. The number of halogens is 3. The highest BCUT2D eigenvalue weighted by Gasteiger charge is 2.34. The van der Waals surface area contributed by atoms with Crippen LogP contribution in [0.3, 0.4) is 0 Å². The Labute approximate surface area is 249 Å². The topological polar surface area (TPSA) is 96.0 Å². The molecular weight excluding hydrogens is 597 g/mol. The normalized spacial score (nSPS) is 12.0. The highest BCUT2D eigenvalue weighted by Crippen LogP contribution is 2.35. The van der Waals surface area contributed by atoms with Crippen molar-refractivity contribution in [3.63, 3.8) is 0 Å². The number of aryl methyl sites for hydroxylation is 1. The number of likely N-dealkylation sites (N-methyl/N-ethyl adjacent to an activating group) is 1. The maximum atomic E-state index is 14.0. The van der Waals surface area contributed by atoms with E-state index >= 15 is 0 Å². The minimum atomic E-state index is -4.30. The summed E-state index contributed by atoms with van der Waals surface area (Å²) in [4.78, 5) is 28.1. The molecule has 0 radical (unpaired) electrons. The van der Waals surface area contributed by atoms with Gasteiger partial charge in [-0.05, 0) is 63.2 Å². The maximum Gasteiger partial charge on any atom is 0.264 e. The van der Waals surface area contributed by atoms with E-state index in [0.29, 0.717) is 22.2 Å². The van der Waals surface area contributed by atoms with Gasteiger partial charge < -0.3 is 15.0 Å². The predicted octanol–water partition coefficient (Wildman–Crippen LogP) is 5.71. The number of anilines is 1. The number of sulfonamides is 1. The zero-order valence-corrected chi connectivity index (χ0v) is 25.5. The Kier molecular flexibility index (Phi) is 10.7.